The Morgan fingerprint density at radius 1 is 1.60 bits per heavy atom. The molecule has 20 heavy (non-hydrogen) atoms. The predicted molar refractivity (Wildman–Crippen MR) is 75.8 cm³/mol. The number of rotatable bonds is 5. The van der Waals surface area contributed by atoms with Crippen molar-refractivity contribution in [2.45, 2.75) is 19.4 Å². The third-order valence-corrected chi connectivity index (χ3v) is 3.43. The number of carbonyl (C=O) groups is 1. The van der Waals surface area contributed by atoms with Gasteiger partial charge in [-0.2, -0.15) is 0 Å². The van der Waals surface area contributed by atoms with E-state index >= 15 is 0 Å². The number of carbonyl (C=O) groups excluding carboxylic acids is 1. The zero-order chi connectivity index (χ0) is 14.4. The smallest absolute Gasteiger partial charge is 0.283 e. The van der Waals surface area contributed by atoms with Gasteiger partial charge in [0.2, 0.25) is 0 Å². The van der Waals surface area contributed by atoms with E-state index < -0.39 is 0 Å². The summed E-state index contributed by atoms with van der Waals surface area (Å²) < 4.78 is 5.49. The monoisotopic (exact) mass is 278 g/mol. The number of amides is 1. The number of nitrogens with two attached hydrogens (primary N) is 1. The molecular formula is C14H22N4O2. The van der Waals surface area contributed by atoms with Crippen LogP contribution in [0.5, 0.6) is 0 Å². The van der Waals surface area contributed by atoms with Gasteiger partial charge >= 0.3 is 0 Å². The van der Waals surface area contributed by atoms with Gasteiger partial charge in [0.25, 0.3) is 5.91 Å². The lowest BCUT2D eigenvalue weighted by Gasteiger charge is -2.26. The highest BCUT2D eigenvalue weighted by Gasteiger charge is 2.16. The third kappa shape index (κ3) is 4.26. The molecule has 0 saturated carbocycles. The van der Waals surface area contributed by atoms with E-state index in [-0.39, 0.29) is 5.91 Å². The summed E-state index contributed by atoms with van der Waals surface area (Å²) in [5.74, 6) is 5.34. The molecular weight excluding hydrogens is 256 g/mol. The number of ether oxygens (including phenoxy) is 1. The van der Waals surface area contributed by atoms with Crippen LogP contribution in [0.4, 0.5) is 0 Å². The van der Waals surface area contributed by atoms with Crippen LogP contribution >= 0.6 is 0 Å². The molecule has 6 heteroatoms. The SMILES string of the molecule is CN(Cc1cccc(C(=O)NN)n1)CC1CCCOC1. The minimum atomic E-state index is -0.366. The molecule has 0 aliphatic carbocycles. The fourth-order valence-electron chi connectivity index (χ4n) is 2.50. The van der Waals surface area contributed by atoms with E-state index in [1.165, 1.54) is 6.42 Å². The van der Waals surface area contributed by atoms with Gasteiger partial charge in [0.15, 0.2) is 0 Å². The van der Waals surface area contributed by atoms with Crippen LogP contribution in [0, 0.1) is 5.92 Å². The van der Waals surface area contributed by atoms with Crippen molar-refractivity contribution in [2.75, 3.05) is 26.8 Å². The number of hydrogen-bond acceptors (Lipinski definition) is 5. The first-order valence-electron chi connectivity index (χ1n) is 6.92. The van der Waals surface area contributed by atoms with Crippen molar-refractivity contribution in [3.8, 4) is 0 Å². The highest BCUT2D eigenvalue weighted by Crippen LogP contribution is 2.15. The molecule has 1 aromatic heterocycles. The standard InChI is InChI=1S/C14H22N4O2/c1-18(8-11-4-3-7-20-10-11)9-12-5-2-6-13(16-12)14(19)17-15/h2,5-6,11H,3-4,7-10,15H2,1H3,(H,17,19). The molecule has 0 radical (unpaired) electrons. The first kappa shape index (κ1) is 14.9. The third-order valence-electron chi connectivity index (χ3n) is 3.43. The van der Waals surface area contributed by atoms with E-state index in [1.54, 1.807) is 6.07 Å². The maximum Gasteiger partial charge on any atom is 0.283 e. The van der Waals surface area contributed by atoms with Gasteiger partial charge in [-0.25, -0.2) is 10.8 Å². The Morgan fingerprint density at radius 2 is 2.45 bits per heavy atom. The lowest BCUT2D eigenvalue weighted by atomic mass is 10.0. The molecule has 0 bridgehead atoms. The topological polar surface area (TPSA) is 80.5 Å². The molecule has 1 saturated heterocycles. The van der Waals surface area contributed by atoms with Gasteiger partial charge in [-0.15, -0.1) is 0 Å². The van der Waals surface area contributed by atoms with Gasteiger partial charge in [-0.05, 0) is 37.9 Å². The van der Waals surface area contributed by atoms with Crippen molar-refractivity contribution >= 4 is 5.91 Å². The summed E-state index contributed by atoms with van der Waals surface area (Å²) >= 11 is 0. The summed E-state index contributed by atoms with van der Waals surface area (Å²) in [7, 11) is 2.06. The number of hydrogen-bond donors (Lipinski definition) is 2. The van der Waals surface area contributed by atoms with Crippen LogP contribution in [0.2, 0.25) is 0 Å². The number of nitrogens with one attached hydrogen (secondary N) is 1. The second-order valence-electron chi connectivity index (χ2n) is 5.27. The Balaban J connectivity index is 1.89. The molecule has 0 spiro atoms. The first-order chi connectivity index (χ1) is 9.69. The van der Waals surface area contributed by atoms with Crippen molar-refractivity contribution in [2.24, 2.45) is 11.8 Å². The molecule has 1 atom stereocenters. The summed E-state index contributed by atoms with van der Waals surface area (Å²) in [6.07, 6.45) is 2.36. The van der Waals surface area contributed by atoms with Crippen molar-refractivity contribution < 1.29 is 9.53 Å². The van der Waals surface area contributed by atoms with Crippen LogP contribution in [-0.4, -0.2) is 42.6 Å². The summed E-state index contributed by atoms with van der Waals surface area (Å²) in [6.45, 7) is 3.42. The Kier molecular flexibility index (Phi) is 5.46. The fourth-order valence-corrected chi connectivity index (χ4v) is 2.50. The maximum absolute atomic E-state index is 11.4. The second-order valence-corrected chi connectivity index (χ2v) is 5.27. The zero-order valence-corrected chi connectivity index (χ0v) is 11.8. The van der Waals surface area contributed by atoms with Crippen LogP contribution in [0.3, 0.4) is 0 Å². The van der Waals surface area contributed by atoms with Gasteiger partial charge in [0.1, 0.15) is 5.69 Å². The van der Waals surface area contributed by atoms with Gasteiger partial charge in [-0.3, -0.25) is 10.2 Å². The van der Waals surface area contributed by atoms with E-state index in [4.69, 9.17) is 10.6 Å². The molecule has 1 aliphatic heterocycles. The molecule has 0 aromatic carbocycles. The minimum absolute atomic E-state index is 0.347. The van der Waals surface area contributed by atoms with Crippen molar-refractivity contribution in [1.82, 2.24) is 15.3 Å². The summed E-state index contributed by atoms with van der Waals surface area (Å²) in [6, 6.07) is 5.40. The summed E-state index contributed by atoms with van der Waals surface area (Å²) in [5.41, 5.74) is 3.31. The Hall–Kier alpha value is -1.50. The molecule has 3 N–H and O–H groups in total. The lowest BCUT2D eigenvalue weighted by Crippen LogP contribution is -2.32. The van der Waals surface area contributed by atoms with Crippen LogP contribution in [0.1, 0.15) is 29.0 Å². The second kappa shape index (κ2) is 7.33. The Bertz CT molecular complexity index is 447. The van der Waals surface area contributed by atoms with Gasteiger partial charge < -0.3 is 9.64 Å². The van der Waals surface area contributed by atoms with Gasteiger partial charge in [0, 0.05) is 19.7 Å². The Morgan fingerprint density at radius 3 is 3.15 bits per heavy atom. The predicted octanol–water partition coefficient (Wildman–Crippen LogP) is 0.543. The number of nitrogen functional groups attached to an aromatic ring is 1. The van der Waals surface area contributed by atoms with Crippen molar-refractivity contribution in [1.29, 1.82) is 0 Å². The van der Waals surface area contributed by atoms with Crippen molar-refractivity contribution in [3.05, 3.63) is 29.6 Å². The molecule has 6 nitrogen and oxygen atoms in total. The van der Waals surface area contributed by atoms with E-state index in [0.717, 1.165) is 31.9 Å². The zero-order valence-electron chi connectivity index (χ0n) is 11.8. The summed E-state index contributed by atoms with van der Waals surface area (Å²) in [4.78, 5) is 18.0. The highest BCUT2D eigenvalue weighted by molar-refractivity contribution is 5.91. The quantitative estimate of drug-likeness (QED) is 0.467. The molecule has 2 heterocycles. The number of hydrazine groups is 1. The average Bonchev–Trinajstić information content (AvgIpc) is 2.47. The van der Waals surface area contributed by atoms with E-state index in [1.807, 2.05) is 12.1 Å². The van der Waals surface area contributed by atoms with E-state index in [2.05, 4.69) is 22.4 Å². The fraction of sp³-hybridized carbons (Fsp3) is 0.571. The average molecular weight is 278 g/mol. The highest BCUT2D eigenvalue weighted by atomic mass is 16.5. The lowest BCUT2D eigenvalue weighted by molar-refractivity contribution is 0.0410. The van der Waals surface area contributed by atoms with Gasteiger partial charge in [-0.1, -0.05) is 6.07 Å². The number of pyridine rings is 1. The van der Waals surface area contributed by atoms with Crippen LogP contribution in [-0.2, 0) is 11.3 Å². The summed E-state index contributed by atoms with van der Waals surface area (Å²) in [5, 5.41) is 0. The van der Waals surface area contributed by atoms with Gasteiger partial charge in [0.05, 0.1) is 12.3 Å². The normalized spacial score (nSPS) is 19.1. The molecule has 1 aliphatic rings. The van der Waals surface area contributed by atoms with Crippen LogP contribution in [0.15, 0.2) is 18.2 Å². The van der Waals surface area contributed by atoms with Crippen LogP contribution < -0.4 is 11.3 Å². The maximum atomic E-state index is 11.4. The molecule has 1 amide bonds. The Labute approximate surface area is 119 Å². The number of nitrogens with zero attached hydrogens (tertiary/aromatic N) is 2. The van der Waals surface area contributed by atoms with E-state index in [0.29, 0.717) is 18.2 Å². The largest absolute Gasteiger partial charge is 0.381 e. The molecule has 1 aromatic rings. The minimum Gasteiger partial charge on any atom is -0.381 e. The molecule has 1 fully saturated rings. The van der Waals surface area contributed by atoms with E-state index in [9.17, 15) is 4.79 Å². The molecule has 2 rings (SSSR count). The number of aromatic nitrogens is 1. The molecule has 1 unspecified atom stereocenters. The first-order valence-corrected chi connectivity index (χ1v) is 6.92. The molecule has 110 valence electrons. The van der Waals surface area contributed by atoms with Crippen molar-refractivity contribution in [3.63, 3.8) is 0 Å². The van der Waals surface area contributed by atoms with Crippen LogP contribution in [0.25, 0.3) is 0 Å².